The molecule has 1 atom stereocenters. The normalized spacial score (nSPS) is 12.6. The lowest BCUT2D eigenvalue weighted by atomic mass is 10.0. The van der Waals surface area contributed by atoms with Gasteiger partial charge in [-0.3, -0.25) is 4.99 Å². The second-order valence-corrected chi connectivity index (χ2v) is 5.04. The van der Waals surface area contributed by atoms with E-state index in [2.05, 4.69) is 4.99 Å². The highest BCUT2D eigenvalue weighted by molar-refractivity contribution is 6.06. The fraction of sp³-hybridized carbons (Fsp3) is 0.118. The van der Waals surface area contributed by atoms with Crippen LogP contribution in [-0.4, -0.2) is 34.5 Å². The van der Waals surface area contributed by atoms with Crippen LogP contribution in [0.15, 0.2) is 53.5 Å². The molecule has 0 amide bonds. The van der Waals surface area contributed by atoms with Crippen LogP contribution < -0.4 is 11.5 Å². The van der Waals surface area contributed by atoms with E-state index in [1.54, 1.807) is 30.3 Å². The number of carboxylic acid groups (broad SMARTS) is 2. The Morgan fingerprint density at radius 3 is 2.04 bits per heavy atom. The summed E-state index contributed by atoms with van der Waals surface area (Å²) in [5.74, 6) is -2.06. The van der Waals surface area contributed by atoms with Crippen LogP contribution in [0, 0.1) is 0 Å². The Kier molecular flexibility index (Phi) is 5.28. The molecule has 2 aromatic rings. The van der Waals surface area contributed by atoms with E-state index in [-0.39, 0.29) is 23.5 Å². The predicted molar refractivity (Wildman–Crippen MR) is 89.3 cm³/mol. The fourth-order valence-electron chi connectivity index (χ4n) is 2.24. The van der Waals surface area contributed by atoms with E-state index in [0.29, 0.717) is 11.1 Å². The van der Waals surface area contributed by atoms with Crippen LogP contribution in [-0.2, 0) is 0 Å². The van der Waals surface area contributed by atoms with Crippen LogP contribution in [0.2, 0.25) is 0 Å². The third kappa shape index (κ3) is 3.76. The van der Waals surface area contributed by atoms with Crippen molar-refractivity contribution in [3.8, 4) is 0 Å². The van der Waals surface area contributed by atoms with Gasteiger partial charge in [-0.1, -0.05) is 30.3 Å². The topological polar surface area (TPSA) is 139 Å². The molecular weight excluding hydrogens is 310 g/mol. The first kappa shape index (κ1) is 17.2. The van der Waals surface area contributed by atoms with Crippen molar-refractivity contribution in [1.29, 1.82) is 0 Å². The SMILES string of the molecule is NCC(N=C(N)c1ccccc1C(=O)O)c1ccc(C(=O)O)cc1. The van der Waals surface area contributed by atoms with Crippen molar-refractivity contribution in [2.45, 2.75) is 6.04 Å². The summed E-state index contributed by atoms with van der Waals surface area (Å²) in [5.41, 5.74) is 12.9. The molecule has 1 unspecified atom stereocenters. The van der Waals surface area contributed by atoms with Crippen LogP contribution in [0.4, 0.5) is 0 Å². The van der Waals surface area contributed by atoms with Gasteiger partial charge in [0, 0.05) is 12.1 Å². The number of hydrogen-bond donors (Lipinski definition) is 4. The van der Waals surface area contributed by atoms with Gasteiger partial charge in [0.05, 0.1) is 17.2 Å². The van der Waals surface area contributed by atoms with Crippen molar-refractivity contribution >= 4 is 17.8 Å². The number of hydrogen-bond acceptors (Lipinski definition) is 4. The predicted octanol–water partition coefficient (Wildman–Crippen LogP) is 1.49. The molecule has 0 aliphatic carbocycles. The summed E-state index contributed by atoms with van der Waals surface area (Å²) >= 11 is 0. The molecule has 24 heavy (non-hydrogen) atoms. The number of aromatic carboxylic acids is 2. The molecule has 0 fully saturated rings. The number of aliphatic imine (C=N–C) groups is 1. The first-order valence-electron chi connectivity index (χ1n) is 7.13. The zero-order chi connectivity index (χ0) is 17.7. The average Bonchev–Trinajstić information content (AvgIpc) is 2.59. The molecule has 124 valence electrons. The van der Waals surface area contributed by atoms with Crippen molar-refractivity contribution in [2.24, 2.45) is 16.5 Å². The summed E-state index contributed by atoms with van der Waals surface area (Å²) in [6.07, 6.45) is 0. The Bertz CT molecular complexity index is 785. The summed E-state index contributed by atoms with van der Waals surface area (Å²) in [7, 11) is 0. The Hall–Kier alpha value is -3.19. The van der Waals surface area contributed by atoms with Crippen molar-refractivity contribution in [3.63, 3.8) is 0 Å². The van der Waals surface area contributed by atoms with Gasteiger partial charge in [0.25, 0.3) is 0 Å². The van der Waals surface area contributed by atoms with Gasteiger partial charge in [-0.2, -0.15) is 0 Å². The molecule has 6 N–H and O–H groups in total. The fourth-order valence-corrected chi connectivity index (χ4v) is 2.24. The Morgan fingerprint density at radius 2 is 1.54 bits per heavy atom. The molecule has 0 aromatic heterocycles. The standard InChI is InChI=1S/C17H17N3O4/c18-9-14(10-5-7-11(8-6-10)16(21)22)20-15(19)12-3-1-2-4-13(12)17(23)24/h1-8,14H,9,18H2,(H2,19,20)(H,21,22)(H,23,24). The quantitative estimate of drug-likeness (QED) is 0.468. The first-order valence-corrected chi connectivity index (χ1v) is 7.13. The van der Waals surface area contributed by atoms with Crippen LogP contribution in [0.5, 0.6) is 0 Å². The monoisotopic (exact) mass is 327 g/mol. The van der Waals surface area contributed by atoms with Gasteiger partial charge < -0.3 is 21.7 Å². The summed E-state index contributed by atoms with van der Waals surface area (Å²) in [6.45, 7) is 0.141. The Labute approximate surface area is 138 Å². The maximum Gasteiger partial charge on any atom is 0.336 e. The third-order valence-electron chi connectivity index (χ3n) is 3.49. The highest BCUT2D eigenvalue weighted by Crippen LogP contribution is 2.19. The number of carboxylic acids is 2. The second-order valence-electron chi connectivity index (χ2n) is 5.04. The van der Waals surface area contributed by atoms with Gasteiger partial charge in [0.2, 0.25) is 0 Å². The molecule has 7 nitrogen and oxygen atoms in total. The summed E-state index contributed by atoms with van der Waals surface area (Å²) < 4.78 is 0. The molecule has 0 heterocycles. The molecule has 0 radical (unpaired) electrons. The van der Waals surface area contributed by atoms with Gasteiger partial charge in [-0.05, 0) is 23.8 Å². The molecule has 0 saturated carbocycles. The van der Waals surface area contributed by atoms with Crippen molar-refractivity contribution in [3.05, 3.63) is 70.8 Å². The van der Waals surface area contributed by atoms with Crippen LogP contribution in [0.25, 0.3) is 0 Å². The van der Waals surface area contributed by atoms with E-state index in [1.807, 2.05) is 0 Å². The Morgan fingerprint density at radius 1 is 0.958 bits per heavy atom. The lowest BCUT2D eigenvalue weighted by Crippen LogP contribution is -2.21. The molecule has 2 aromatic carbocycles. The molecule has 0 aliphatic heterocycles. The van der Waals surface area contributed by atoms with Gasteiger partial charge in [-0.15, -0.1) is 0 Å². The maximum atomic E-state index is 11.3. The molecular formula is C17H17N3O4. The zero-order valence-corrected chi connectivity index (χ0v) is 12.7. The minimum absolute atomic E-state index is 0.0516. The number of nitrogens with zero attached hydrogens (tertiary/aromatic N) is 1. The zero-order valence-electron chi connectivity index (χ0n) is 12.7. The first-order chi connectivity index (χ1) is 11.4. The second kappa shape index (κ2) is 7.38. The Balaban J connectivity index is 2.36. The number of rotatable bonds is 6. The van der Waals surface area contributed by atoms with Crippen LogP contribution >= 0.6 is 0 Å². The minimum Gasteiger partial charge on any atom is -0.478 e. The number of amidine groups is 1. The van der Waals surface area contributed by atoms with Crippen LogP contribution in [0.1, 0.15) is 37.9 Å². The number of carbonyl (C=O) groups is 2. The van der Waals surface area contributed by atoms with E-state index in [4.69, 9.17) is 16.6 Å². The summed E-state index contributed by atoms with van der Waals surface area (Å²) in [5, 5.41) is 18.1. The smallest absolute Gasteiger partial charge is 0.336 e. The van der Waals surface area contributed by atoms with Gasteiger partial charge in [0.15, 0.2) is 0 Å². The third-order valence-corrected chi connectivity index (χ3v) is 3.49. The number of nitrogens with two attached hydrogens (primary N) is 2. The van der Waals surface area contributed by atoms with Crippen molar-refractivity contribution in [1.82, 2.24) is 0 Å². The average molecular weight is 327 g/mol. The summed E-state index contributed by atoms with van der Waals surface area (Å²) in [6, 6.07) is 11.9. The largest absolute Gasteiger partial charge is 0.478 e. The molecule has 0 spiro atoms. The van der Waals surface area contributed by atoms with Crippen LogP contribution in [0.3, 0.4) is 0 Å². The molecule has 0 aliphatic rings. The van der Waals surface area contributed by atoms with E-state index in [1.165, 1.54) is 18.2 Å². The van der Waals surface area contributed by atoms with E-state index in [9.17, 15) is 14.7 Å². The maximum absolute atomic E-state index is 11.3. The van der Waals surface area contributed by atoms with Gasteiger partial charge in [0.1, 0.15) is 5.84 Å². The van der Waals surface area contributed by atoms with Gasteiger partial charge in [-0.25, -0.2) is 9.59 Å². The van der Waals surface area contributed by atoms with E-state index in [0.717, 1.165) is 0 Å². The summed E-state index contributed by atoms with van der Waals surface area (Å²) in [4.78, 5) is 26.5. The lowest BCUT2D eigenvalue weighted by Gasteiger charge is -2.13. The molecule has 0 saturated heterocycles. The van der Waals surface area contributed by atoms with Crippen molar-refractivity contribution in [2.75, 3.05) is 6.54 Å². The van der Waals surface area contributed by atoms with Crippen molar-refractivity contribution < 1.29 is 19.8 Å². The number of benzene rings is 2. The lowest BCUT2D eigenvalue weighted by molar-refractivity contribution is 0.0686. The minimum atomic E-state index is -1.10. The highest BCUT2D eigenvalue weighted by atomic mass is 16.4. The molecule has 0 bridgehead atoms. The van der Waals surface area contributed by atoms with E-state index < -0.39 is 18.0 Å². The van der Waals surface area contributed by atoms with E-state index >= 15 is 0 Å². The molecule has 7 heteroatoms. The van der Waals surface area contributed by atoms with Gasteiger partial charge >= 0.3 is 11.9 Å². The molecule has 2 rings (SSSR count). The highest BCUT2D eigenvalue weighted by Gasteiger charge is 2.15.